The summed E-state index contributed by atoms with van der Waals surface area (Å²) in [6.07, 6.45) is 0.536. The van der Waals surface area contributed by atoms with Crippen LogP contribution in [0.1, 0.15) is 0 Å². The predicted molar refractivity (Wildman–Crippen MR) is 103 cm³/mol. The summed E-state index contributed by atoms with van der Waals surface area (Å²) in [4.78, 5) is 21.6. The molecule has 0 radical (unpaired) electrons. The zero-order valence-electron chi connectivity index (χ0n) is 15.0. The Hall–Kier alpha value is -3.39. The van der Waals surface area contributed by atoms with Crippen LogP contribution >= 0.6 is 0 Å². The Morgan fingerprint density at radius 3 is 2.67 bits per heavy atom. The highest BCUT2D eigenvalue weighted by atomic mass is 16.4. The molecule has 0 aliphatic carbocycles. The molecule has 27 heavy (non-hydrogen) atoms. The monoisotopic (exact) mass is 365 g/mol. The summed E-state index contributed by atoms with van der Waals surface area (Å²) in [6.45, 7) is 0.291. The van der Waals surface area contributed by atoms with Crippen LogP contribution in [0.4, 0.5) is 10.6 Å². The van der Waals surface area contributed by atoms with Crippen molar-refractivity contribution < 1.29 is 15.0 Å². The number of aromatic nitrogens is 4. The number of imidazole rings is 1. The first-order chi connectivity index (χ1) is 13.0. The zero-order valence-corrected chi connectivity index (χ0v) is 15.0. The molecule has 8 nitrogen and oxygen atoms in total. The van der Waals surface area contributed by atoms with Crippen molar-refractivity contribution in [2.45, 2.75) is 6.54 Å². The number of hydrogen-bond donors (Lipinski definition) is 2. The average Bonchev–Trinajstić information content (AvgIpc) is 3.23. The highest BCUT2D eigenvalue weighted by Gasteiger charge is 2.23. The zero-order chi connectivity index (χ0) is 19.1. The maximum atomic E-state index is 11.5. The number of pyridine rings is 1. The second kappa shape index (κ2) is 6.40. The Labute approximate surface area is 154 Å². The van der Waals surface area contributed by atoms with Gasteiger partial charge in [0.2, 0.25) is 0 Å². The normalized spacial score (nSPS) is 11.4. The number of nitrogens with zero attached hydrogens (tertiary/aromatic N) is 5. The number of anilines is 1. The first-order valence-corrected chi connectivity index (χ1v) is 8.50. The Kier molecular flexibility index (Phi) is 4.04. The van der Waals surface area contributed by atoms with E-state index < -0.39 is 6.09 Å². The van der Waals surface area contributed by atoms with E-state index in [-0.39, 0.29) is 12.4 Å². The average molecular weight is 365 g/mol. The van der Waals surface area contributed by atoms with Gasteiger partial charge in [-0.1, -0.05) is 30.3 Å². The van der Waals surface area contributed by atoms with Gasteiger partial charge in [-0.2, -0.15) is 0 Å². The van der Waals surface area contributed by atoms with Gasteiger partial charge in [-0.25, -0.2) is 14.8 Å². The molecule has 0 atom stereocenters. The third kappa shape index (κ3) is 2.61. The molecular formula is C19H19N5O3. The standard InChI is InChI=1S/C19H19N5O3/c1-22-11-20-15-16(22)13-10-14(12-6-4-3-5-7-12)24(8-9-25)17(13)21-18(15)23(2)19(26)27/h3-7,10-11,25H,8-9H2,1-2H3,(H,26,27). The van der Waals surface area contributed by atoms with Crippen LogP contribution in [0.25, 0.3) is 33.3 Å². The summed E-state index contributed by atoms with van der Waals surface area (Å²) >= 11 is 0. The Morgan fingerprint density at radius 2 is 2.00 bits per heavy atom. The first-order valence-electron chi connectivity index (χ1n) is 8.50. The summed E-state index contributed by atoms with van der Waals surface area (Å²) in [6, 6.07) is 11.8. The summed E-state index contributed by atoms with van der Waals surface area (Å²) in [5.74, 6) is 0.266. The fourth-order valence-electron chi connectivity index (χ4n) is 3.40. The molecule has 3 aromatic heterocycles. The molecule has 1 aromatic carbocycles. The van der Waals surface area contributed by atoms with Crippen LogP contribution in [0, 0.1) is 0 Å². The minimum Gasteiger partial charge on any atom is -0.465 e. The molecule has 3 heterocycles. The molecule has 0 spiro atoms. The van der Waals surface area contributed by atoms with E-state index >= 15 is 0 Å². The van der Waals surface area contributed by atoms with Gasteiger partial charge in [-0.3, -0.25) is 4.90 Å². The van der Waals surface area contributed by atoms with Gasteiger partial charge in [0.25, 0.3) is 0 Å². The molecule has 2 N–H and O–H groups in total. The van der Waals surface area contributed by atoms with Crippen molar-refractivity contribution in [3.63, 3.8) is 0 Å². The van der Waals surface area contributed by atoms with Crippen molar-refractivity contribution in [1.29, 1.82) is 0 Å². The lowest BCUT2D eigenvalue weighted by atomic mass is 10.1. The molecule has 0 aliphatic heterocycles. The molecule has 4 rings (SSSR count). The van der Waals surface area contributed by atoms with Gasteiger partial charge in [0.05, 0.1) is 24.1 Å². The van der Waals surface area contributed by atoms with E-state index in [4.69, 9.17) is 0 Å². The van der Waals surface area contributed by atoms with Crippen LogP contribution < -0.4 is 4.90 Å². The molecule has 0 fully saturated rings. The number of benzene rings is 1. The van der Waals surface area contributed by atoms with Crippen molar-refractivity contribution in [3.05, 3.63) is 42.7 Å². The van der Waals surface area contributed by atoms with E-state index in [1.807, 2.05) is 52.6 Å². The number of rotatable bonds is 4. The molecule has 8 heteroatoms. The summed E-state index contributed by atoms with van der Waals surface area (Å²) in [5, 5.41) is 19.9. The third-order valence-electron chi connectivity index (χ3n) is 4.68. The second-order valence-electron chi connectivity index (χ2n) is 6.34. The summed E-state index contributed by atoms with van der Waals surface area (Å²) in [5.41, 5.74) is 3.84. The lowest BCUT2D eigenvalue weighted by Crippen LogP contribution is -2.25. The van der Waals surface area contributed by atoms with Gasteiger partial charge in [0.1, 0.15) is 11.2 Å². The fraction of sp³-hybridized carbons (Fsp3) is 0.211. The van der Waals surface area contributed by atoms with Crippen molar-refractivity contribution in [2.75, 3.05) is 18.6 Å². The SMILES string of the molecule is CN(C(=O)O)c1nc2c(cc(-c3ccccc3)n2CCO)c2c1ncn2C. The molecule has 0 saturated heterocycles. The number of carbonyl (C=O) groups is 1. The number of aliphatic hydroxyl groups excluding tert-OH is 1. The smallest absolute Gasteiger partial charge is 0.412 e. The maximum Gasteiger partial charge on any atom is 0.412 e. The van der Waals surface area contributed by atoms with Crippen LogP contribution in [0.2, 0.25) is 0 Å². The van der Waals surface area contributed by atoms with Crippen molar-refractivity contribution in [3.8, 4) is 11.3 Å². The molecule has 0 unspecified atom stereocenters. The fourth-order valence-corrected chi connectivity index (χ4v) is 3.40. The van der Waals surface area contributed by atoms with Crippen LogP contribution in [0.5, 0.6) is 0 Å². The highest BCUT2D eigenvalue weighted by molar-refractivity contribution is 6.09. The number of fused-ring (bicyclic) bond motifs is 3. The lowest BCUT2D eigenvalue weighted by Gasteiger charge is -2.14. The van der Waals surface area contributed by atoms with E-state index in [2.05, 4.69) is 9.97 Å². The van der Waals surface area contributed by atoms with E-state index in [1.165, 1.54) is 7.05 Å². The quantitative estimate of drug-likeness (QED) is 0.580. The number of aliphatic hydroxyl groups is 1. The summed E-state index contributed by atoms with van der Waals surface area (Å²) < 4.78 is 3.77. The Balaban J connectivity index is 2.12. The number of carboxylic acid groups (broad SMARTS) is 1. The molecule has 4 aromatic rings. The van der Waals surface area contributed by atoms with Crippen LogP contribution in [0.3, 0.4) is 0 Å². The maximum absolute atomic E-state index is 11.5. The van der Waals surface area contributed by atoms with Crippen molar-refractivity contribution in [2.24, 2.45) is 7.05 Å². The van der Waals surface area contributed by atoms with Gasteiger partial charge in [0, 0.05) is 26.0 Å². The molecule has 1 amide bonds. The molecular weight excluding hydrogens is 346 g/mol. The topological polar surface area (TPSA) is 96.4 Å². The van der Waals surface area contributed by atoms with Crippen LogP contribution in [0.15, 0.2) is 42.7 Å². The van der Waals surface area contributed by atoms with Gasteiger partial charge in [-0.05, 0) is 11.6 Å². The van der Waals surface area contributed by atoms with Crippen LogP contribution in [-0.2, 0) is 13.6 Å². The molecule has 138 valence electrons. The first kappa shape index (κ1) is 17.0. The minimum absolute atomic E-state index is 0.0567. The van der Waals surface area contributed by atoms with Crippen molar-refractivity contribution >= 4 is 34.0 Å². The number of aryl methyl sites for hydroxylation is 1. The lowest BCUT2D eigenvalue weighted by molar-refractivity contribution is 0.203. The van der Waals surface area contributed by atoms with Gasteiger partial charge in [-0.15, -0.1) is 0 Å². The van der Waals surface area contributed by atoms with E-state index in [0.29, 0.717) is 17.7 Å². The molecule has 0 bridgehead atoms. The Morgan fingerprint density at radius 1 is 1.26 bits per heavy atom. The molecule has 0 aliphatic rings. The number of hydrogen-bond acceptors (Lipinski definition) is 4. The molecule has 0 saturated carbocycles. The van der Waals surface area contributed by atoms with Crippen LogP contribution in [-0.4, -0.2) is 49.1 Å². The Bertz CT molecular complexity index is 1150. The second-order valence-corrected chi connectivity index (χ2v) is 6.34. The van der Waals surface area contributed by atoms with E-state index in [9.17, 15) is 15.0 Å². The van der Waals surface area contributed by atoms with E-state index in [0.717, 1.165) is 27.1 Å². The summed E-state index contributed by atoms with van der Waals surface area (Å²) in [7, 11) is 3.31. The minimum atomic E-state index is -1.11. The number of amides is 1. The highest BCUT2D eigenvalue weighted by Crippen LogP contribution is 2.35. The van der Waals surface area contributed by atoms with Crippen molar-refractivity contribution in [1.82, 2.24) is 19.1 Å². The van der Waals surface area contributed by atoms with E-state index in [1.54, 1.807) is 6.33 Å². The third-order valence-corrected chi connectivity index (χ3v) is 4.68. The van der Waals surface area contributed by atoms with Gasteiger partial charge >= 0.3 is 6.09 Å². The van der Waals surface area contributed by atoms with Gasteiger partial charge in [0.15, 0.2) is 5.82 Å². The van der Waals surface area contributed by atoms with Gasteiger partial charge < -0.3 is 19.3 Å². The largest absolute Gasteiger partial charge is 0.465 e. The predicted octanol–water partition coefficient (Wildman–Crippen LogP) is 2.70.